The third kappa shape index (κ3) is 5.87. The van der Waals surface area contributed by atoms with Gasteiger partial charge < -0.3 is 15.0 Å². The molecule has 1 aliphatic heterocycles. The van der Waals surface area contributed by atoms with Gasteiger partial charge in [-0.3, -0.25) is 9.59 Å². The average molecular weight is 421 g/mol. The normalized spacial score (nSPS) is 20.4. The van der Waals surface area contributed by atoms with Crippen LogP contribution >= 0.6 is 0 Å². The topological polar surface area (TPSA) is 58.6 Å². The van der Waals surface area contributed by atoms with Crippen molar-refractivity contribution in [2.45, 2.75) is 57.0 Å². The molecule has 1 N–H and O–H groups in total. The van der Waals surface area contributed by atoms with E-state index in [4.69, 9.17) is 4.74 Å². The first-order valence-corrected chi connectivity index (χ1v) is 11.3. The molecule has 2 aliphatic rings. The Morgan fingerprint density at radius 3 is 2.45 bits per heavy atom. The smallest absolute Gasteiger partial charge is 0.222 e. The lowest BCUT2D eigenvalue weighted by molar-refractivity contribution is -0.132. The lowest BCUT2D eigenvalue weighted by atomic mass is 9.85. The van der Waals surface area contributed by atoms with Crippen LogP contribution in [0.1, 0.15) is 49.7 Å². The van der Waals surface area contributed by atoms with Crippen LogP contribution in [0.4, 0.5) is 0 Å². The summed E-state index contributed by atoms with van der Waals surface area (Å²) in [5.41, 5.74) is 1.97. The highest BCUT2D eigenvalue weighted by Gasteiger charge is 2.38. The Balaban J connectivity index is 1.42. The third-order valence-electron chi connectivity index (χ3n) is 6.50. The van der Waals surface area contributed by atoms with E-state index < -0.39 is 0 Å². The fourth-order valence-corrected chi connectivity index (χ4v) is 4.49. The number of methoxy groups -OCH3 is 1. The van der Waals surface area contributed by atoms with Gasteiger partial charge in [0.05, 0.1) is 7.11 Å². The first-order valence-electron chi connectivity index (χ1n) is 11.3. The summed E-state index contributed by atoms with van der Waals surface area (Å²) >= 11 is 0. The largest absolute Gasteiger partial charge is 0.497 e. The Labute approximate surface area is 184 Å². The number of nitrogens with one attached hydrogen (secondary N) is 1. The Bertz CT molecular complexity index is 893. The van der Waals surface area contributed by atoms with Gasteiger partial charge in [-0.05, 0) is 61.3 Å². The van der Waals surface area contributed by atoms with Crippen molar-refractivity contribution in [1.82, 2.24) is 10.2 Å². The molecule has 1 saturated carbocycles. The fraction of sp³-hybridized carbons (Fsp3) is 0.462. The summed E-state index contributed by atoms with van der Waals surface area (Å²) < 4.78 is 5.25. The van der Waals surface area contributed by atoms with E-state index in [1.165, 1.54) is 18.4 Å². The lowest BCUT2D eigenvalue weighted by Crippen LogP contribution is -2.45. The van der Waals surface area contributed by atoms with E-state index in [1.807, 2.05) is 47.4 Å². The highest BCUT2D eigenvalue weighted by molar-refractivity contribution is 5.80. The number of hydrogen-bond donors (Lipinski definition) is 1. The van der Waals surface area contributed by atoms with Crippen LogP contribution in [0.25, 0.3) is 0 Å². The first-order chi connectivity index (χ1) is 15.0. The van der Waals surface area contributed by atoms with Crippen LogP contribution in [-0.2, 0) is 22.6 Å². The minimum atomic E-state index is -0.348. The highest BCUT2D eigenvalue weighted by Crippen LogP contribution is 2.32. The molecule has 1 heterocycles. The average Bonchev–Trinajstić information content (AvgIpc) is 3.54. The molecule has 1 saturated heterocycles. The minimum absolute atomic E-state index is 0.0834. The van der Waals surface area contributed by atoms with E-state index >= 15 is 0 Å². The zero-order valence-electron chi connectivity index (χ0n) is 18.3. The van der Waals surface area contributed by atoms with Gasteiger partial charge in [-0.15, -0.1) is 0 Å². The Kier molecular flexibility index (Phi) is 6.59. The van der Waals surface area contributed by atoms with Gasteiger partial charge in [0.2, 0.25) is 11.8 Å². The van der Waals surface area contributed by atoms with E-state index in [0.717, 1.165) is 30.7 Å². The summed E-state index contributed by atoms with van der Waals surface area (Å²) in [6.07, 6.45) is 5.59. The molecule has 1 aliphatic carbocycles. The standard InChI is InChI=1S/C26H32N2O3/c1-31-23-11-9-20(10-12-23)17-26(15-13-24(29)27-26)16-14-25(30)28(19-22-7-8-22)18-21-5-3-2-4-6-21/h2-6,9-12,22H,7-8,13-19H2,1H3,(H,27,29). The van der Waals surface area contributed by atoms with Gasteiger partial charge in [-0.25, -0.2) is 0 Å². The number of benzene rings is 2. The van der Waals surface area contributed by atoms with Crippen LogP contribution in [0.15, 0.2) is 54.6 Å². The van der Waals surface area contributed by atoms with Gasteiger partial charge in [0.1, 0.15) is 5.75 Å². The summed E-state index contributed by atoms with van der Waals surface area (Å²) in [6, 6.07) is 18.2. The molecule has 0 radical (unpaired) electrons. The SMILES string of the molecule is COc1ccc(CC2(CCC(=O)N(Cc3ccccc3)CC3CC3)CCC(=O)N2)cc1. The first kappa shape index (κ1) is 21.4. The molecular weight excluding hydrogens is 388 g/mol. The monoisotopic (exact) mass is 420 g/mol. The van der Waals surface area contributed by atoms with Crippen LogP contribution < -0.4 is 10.1 Å². The Morgan fingerprint density at radius 2 is 1.84 bits per heavy atom. The van der Waals surface area contributed by atoms with Crippen molar-refractivity contribution in [2.75, 3.05) is 13.7 Å². The van der Waals surface area contributed by atoms with Crippen LogP contribution in [0.3, 0.4) is 0 Å². The van der Waals surface area contributed by atoms with Crippen molar-refractivity contribution >= 4 is 11.8 Å². The molecule has 2 aromatic carbocycles. The second-order valence-electron chi connectivity index (χ2n) is 9.06. The van der Waals surface area contributed by atoms with Crippen LogP contribution in [-0.4, -0.2) is 35.9 Å². The molecule has 5 nitrogen and oxygen atoms in total. The molecule has 1 atom stereocenters. The second kappa shape index (κ2) is 9.54. The number of hydrogen-bond acceptors (Lipinski definition) is 3. The maximum absolute atomic E-state index is 13.2. The Morgan fingerprint density at radius 1 is 1.10 bits per heavy atom. The number of amides is 2. The van der Waals surface area contributed by atoms with Gasteiger partial charge in [-0.1, -0.05) is 42.5 Å². The van der Waals surface area contributed by atoms with Crippen molar-refractivity contribution in [1.29, 1.82) is 0 Å². The quantitative estimate of drug-likeness (QED) is 0.629. The molecule has 5 heteroatoms. The molecule has 1 unspecified atom stereocenters. The molecule has 2 amide bonds. The van der Waals surface area contributed by atoms with Crippen molar-refractivity contribution in [3.05, 3.63) is 65.7 Å². The van der Waals surface area contributed by atoms with Gasteiger partial charge in [0.15, 0.2) is 0 Å². The van der Waals surface area contributed by atoms with Crippen molar-refractivity contribution < 1.29 is 14.3 Å². The molecule has 0 bridgehead atoms. The van der Waals surface area contributed by atoms with E-state index in [-0.39, 0.29) is 17.4 Å². The molecule has 2 fully saturated rings. The van der Waals surface area contributed by atoms with Gasteiger partial charge in [0, 0.05) is 31.5 Å². The van der Waals surface area contributed by atoms with Crippen molar-refractivity contribution in [2.24, 2.45) is 5.92 Å². The molecule has 0 aromatic heterocycles. The van der Waals surface area contributed by atoms with Crippen molar-refractivity contribution in [3.8, 4) is 5.75 Å². The number of carbonyl (C=O) groups is 2. The number of rotatable bonds is 10. The molecular formula is C26H32N2O3. The van der Waals surface area contributed by atoms with E-state index in [2.05, 4.69) is 17.4 Å². The van der Waals surface area contributed by atoms with E-state index in [0.29, 0.717) is 31.7 Å². The number of carbonyl (C=O) groups excluding carboxylic acids is 2. The van der Waals surface area contributed by atoms with E-state index in [1.54, 1.807) is 7.11 Å². The molecule has 0 spiro atoms. The molecule has 4 rings (SSSR count). The summed E-state index contributed by atoms with van der Waals surface area (Å²) in [4.78, 5) is 27.3. The minimum Gasteiger partial charge on any atom is -0.497 e. The van der Waals surface area contributed by atoms with Gasteiger partial charge in [0.25, 0.3) is 0 Å². The summed E-state index contributed by atoms with van der Waals surface area (Å²) in [7, 11) is 1.65. The fourth-order valence-electron chi connectivity index (χ4n) is 4.49. The highest BCUT2D eigenvalue weighted by atomic mass is 16.5. The van der Waals surface area contributed by atoms with Crippen LogP contribution in [0.5, 0.6) is 5.75 Å². The zero-order chi connectivity index (χ0) is 21.7. The summed E-state index contributed by atoms with van der Waals surface area (Å²) in [5, 5.41) is 3.20. The van der Waals surface area contributed by atoms with Crippen molar-refractivity contribution in [3.63, 3.8) is 0 Å². The summed E-state index contributed by atoms with van der Waals surface area (Å²) in [5.74, 6) is 1.73. The predicted molar refractivity (Wildman–Crippen MR) is 121 cm³/mol. The lowest BCUT2D eigenvalue weighted by Gasteiger charge is -2.31. The number of ether oxygens (including phenoxy) is 1. The maximum atomic E-state index is 13.2. The van der Waals surface area contributed by atoms with Gasteiger partial charge in [-0.2, -0.15) is 0 Å². The Hall–Kier alpha value is -2.82. The van der Waals surface area contributed by atoms with Crippen LogP contribution in [0, 0.1) is 5.92 Å². The molecule has 31 heavy (non-hydrogen) atoms. The predicted octanol–water partition coefficient (Wildman–Crippen LogP) is 4.11. The van der Waals surface area contributed by atoms with E-state index in [9.17, 15) is 9.59 Å². The molecule has 2 aromatic rings. The second-order valence-corrected chi connectivity index (χ2v) is 9.06. The zero-order valence-corrected chi connectivity index (χ0v) is 18.3. The summed E-state index contributed by atoms with van der Waals surface area (Å²) in [6.45, 7) is 1.50. The van der Waals surface area contributed by atoms with Crippen LogP contribution in [0.2, 0.25) is 0 Å². The maximum Gasteiger partial charge on any atom is 0.222 e. The number of nitrogens with zero attached hydrogens (tertiary/aromatic N) is 1. The van der Waals surface area contributed by atoms with Gasteiger partial charge >= 0.3 is 0 Å². The molecule has 164 valence electrons. The third-order valence-corrected chi connectivity index (χ3v) is 6.50.